The molecule has 0 aliphatic heterocycles. The maximum absolute atomic E-state index is 3.95. The summed E-state index contributed by atoms with van der Waals surface area (Å²) < 4.78 is 0. The van der Waals surface area contributed by atoms with Crippen LogP contribution in [0.15, 0.2) is 30.3 Å². The number of rotatable bonds is 6. The summed E-state index contributed by atoms with van der Waals surface area (Å²) >= 11 is 0. The lowest BCUT2D eigenvalue weighted by molar-refractivity contribution is 0.298. The molecule has 0 spiro atoms. The minimum absolute atomic E-state index is 0.777. The third kappa shape index (κ3) is 3.85. The van der Waals surface area contributed by atoms with Crippen molar-refractivity contribution in [1.82, 2.24) is 5.32 Å². The van der Waals surface area contributed by atoms with Crippen molar-refractivity contribution in [2.75, 3.05) is 0 Å². The summed E-state index contributed by atoms with van der Waals surface area (Å²) in [6.07, 6.45) is 11.1. The standard InChI is InChI=1S/C19H29N/c1-2-18(14-15-8-9-15)20-19-12-10-17(11-13-19)16-6-4-3-5-7-16/h3-7,15,17-20H,2,8-14H2,1H3. The van der Waals surface area contributed by atoms with E-state index in [4.69, 9.17) is 0 Å². The normalized spacial score (nSPS) is 28.2. The first-order valence-electron chi connectivity index (χ1n) is 8.66. The van der Waals surface area contributed by atoms with Gasteiger partial charge in [-0.05, 0) is 55.9 Å². The Morgan fingerprint density at radius 2 is 1.70 bits per heavy atom. The highest BCUT2D eigenvalue weighted by atomic mass is 15.0. The maximum atomic E-state index is 3.95. The van der Waals surface area contributed by atoms with Crippen molar-refractivity contribution >= 4 is 0 Å². The molecule has 0 amide bonds. The fourth-order valence-corrected chi connectivity index (χ4v) is 3.76. The Labute approximate surface area is 124 Å². The van der Waals surface area contributed by atoms with Gasteiger partial charge < -0.3 is 5.32 Å². The van der Waals surface area contributed by atoms with E-state index in [2.05, 4.69) is 42.6 Å². The van der Waals surface area contributed by atoms with Crippen molar-refractivity contribution in [3.05, 3.63) is 35.9 Å². The average molecular weight is 271 g/mol. The lowest BCUT2D eigenvalue weighted by atomic mass is 9.81. The minimum Gasteiger partial charge on any atom is -0.311 e. The third-order valence-electron chi connectivity index (χ3n) is 5.28. The van der Waals surface area contributed by atoms with Crippen LogP contribution < -0.4 is 5.32 Å². The molecule has 2 aliphatic rings. The van der Waals surface area contributed by atoms with Gasteiger partial charge in [-0.25, -0.2) is 0 Å². The lowest BCUT2D eigenvalue weighted by Gasteiger charge is -2.32. The predicted molar refractivity (Wildman–Crippen MR) is 86.0 cm³/mol. The second kappa shape index (κ2) is 6.76. The number of hydrogen-bond acceptors (Lipinski definition) is 1. The van der Waals surface area contributed by atoms with Crippen LogP contribution in [0.2, 0.25) is 0 Å². The van der Waals surface area contributed by atoms with Gasteiger partial charge in [-0.3, -0.25) is 0 Å². The van der Waals surface area contributed by atoms with Gasteiger partial charge in [-0.1, -0.05) is 50.1 Å². The van der Waals surface area contributed by atoms with Gasteiger partial charge in [0.2, 0.25) is 0 Å². The third-order valence-corrected chi connectivity index (χ3v) is 5.28. The molecule has 0 heterocycles. The summed E-state index contributed by atoms with van der Waals surface area (Å²) in [7, 11) is 0. The lowest BCUT2D eigenvalue weighted by Crippen LogP contribution is -2.40. The second-order valence-corrected chi connectivity index (χ2v) is 6.91. The second-order valence-electron chi connectivity index (χ2n) is 6.91. The van der Waals surface area contributed by atoms with Crippen molar-refractivity contribution in [2.24, 2.45) is 5.92 Å². The van der Waals surface area contributed by atoms with Crippen molar-refractivity contribution in [1.29, 1.82) is 0 Å². The van der Waals surface area contributed by atoms with E-state index in [0.29, 0.717) is 0 Å². The Morgan fingerprint density at radius 1 is 1.00 bits per heavy atom. The first kappa shape index (κ1) is 14.1. The SMILES string of the molecule is CCC(CC1CC1)NC1CCC(c2ccccc2)CC1. The number of hydrogen-bond donors (Lipinski definition) is 1. The first-order valence-corrected chi connectivity index (χ1v) is 8.66. The van der Waals surface area contributed by atoms with Gasteiger partial charge in [0, 0.05) is 12.1 Å². The molecule has 3 rings (SSSR count). The van der Waals surface area contributed by atoms with Crippen molar-refractivity contribution < 1.29 is 0 Å². The van der Waals surface area contributed by atoms with Gasteiger partial charge in [0.25, 0.3) is 0 Å². The molecule has 2 fully saturated rings. The molecule has 0 aromatic heterocycles. The maximum Gasteiger partial charge on any atom is 0.00700 e. The first-order chi connectivity index (χ1) is 9.85. The van der Waals surface area contributed by atoms with Crippen LogP contribution in [0.4, 0.5) is 0 Å². The van der Waals surface area contributed by atoms with E-state index >= 15 is 0 Å². The quantitative estimate of drug-likeness (QED) is 0.777. The van der Waals surface area contributed by atoms with Gasteiger partial charge in [0.15, 0.2) is 0 Å². The fraction of sp³-hybridized carbons (Fsp3) is 0.684. The highest BCUT2D eigenvalue weighted by Gasteiger charge is 2.27. The van der Waals surface area contributed by atoms with Crippen LogP contribution >= 0.6 is 0 Å². The Bertz CT molecular complexity index is 387. The molecule has 0 bridgehead atoms. The summed E-state index contributed by atoms with van der Waals surface area (Å²) in [6.45, 7) is 2.34. The van der Waals surface area contributed by atoms with Crippen LogP contribution in [0, 0.1) is 5.92 Å². The molecule has 1 aromatic carbocycles. The highest BCUT2D eigenvalue weighted by Crippen LogP contribution is 2.36. The summed E-state index contributed by atoms with van der Waals surface area (Å²) in [5.41, 5.74) is 1.55. The Morgan fingerprint density at radius 3 is 2.30 bits per heavy atom. The Balaban J connectivity index is 1.45. The summed E-state index contributed by atoms with van der Waals surface area (Å²) in [4.78, 5) is 0. The zero-order valence-electron chi connectivity index (χ0n) is 12.9. The van der Waals surface area contributed by atoms with E-state index in [1.165, 1.54) is 51.4 Å². The Kier molecular flexibility index (Phi) is 4.77. The fourth-order valence-electron chi connectivity index (χ4n) is 3.76. The molecule has 1 unspecified atom stereocenters. The van der Waals surface area contributed by atoms with Crippen molar-refractivity contribution in [3.8, 4) is 0 Å². The smallest absolute Gasteiger partial charge is 0.00700 e. The van der Waals surface area contributed by atoms with E-state index < -0.39 is 0 Å². The van der Waals surface area contributed by atoms with Gasteiger partial charge in [-0.2, -0.15) is 0 Å². The van der Waals surface area contributed by atoms with Crippen LogP contribution in [0.1, 0.15) is 69.8 Å². The molecular weight excluding hydrogens is 242 g/mol. The summed E-state index contributed by atoms with van der Waals surface area (Å²) in [6, 6.07) is 12.7. The summed E-state index contributed by atoms with van der Waals surface area (Å²) in [5, 5.41) is 3.95. The van der Waals surface area contributed by atoms with Gasteiger partial charge in [0.1, 0.15) is 0 Å². The minimum atomic E-state index is 0.777. The molecule has 1 atom stereocenters. The molecule has 1 nitrogen and oxygen atoms in total. The topological polar surface area (TPSA) is 12.0 Å². The summed E-state index contributed by atoms with van der Waals surface area (Å²) in [5.74, 6) is 1.85. The molecule has 0 saturated heterocycles. The molecule has 110 valence electrons. The van der Waals surface area contributed by atoms with E-state index in [-0.39, 0.29) is 0 Å². The van der Waals surface area contributed by atoms with Crippen LogP contribution in [-0.2, 0) is 0 Å². The van der Waals surface area contributed by atoms with E-state index in [9.17, 15) is 0 Å². The van der Waals surface area contributed by atoms with E-state index in [0.717, 1.165) is 23.9 Å². The molecule has 1 N–H and O–H groups in total. The zero-order valence-corrected chi connectivity index (χ0v) is 12.9. The average Bonchev–Trinajstić information content (AvgIpc) is 3.32. The molecular formula is C19H29N. The molecule has 20 heavy (non-hydrogen) atoms. The van der Waals surface area contributed by atoms with Crippen molar-refractivity contribution in [2.45, 2.75) is 76.3 Å². The molecule has 1 aromatic rings. The van der Waals surface area contributed by atoms with Gasteiger partial charge in [-0.15, -0.1) is 0 Å². The van der Waals surface area contributed by atoms with Crippen LogP contribution in [0.25, 0.3) is 0 Å². The monoisotopic (exact) mass is 271 g/mol. The number of benzene rings is 1. The van der Waals surface area contributed by atoms with Crippen molar-refractivity contribution in [3.63, 3.8) is 0 Å². The largest absolute Gasteiger partial charge is 0.311 e. The zero-order chi connectivity index (χ0) is 13.8. The van der Waals surface area contributed by atoms with E-state index in [1.807, 2.05) is 0 Å². The van der Waals surface area contributed by atoms with Gasteiger partial charge >= 0.3 is 0 Å². The molecule has 2 aliphatic carbocycles. The van der Waals surface area contributed by atoms with E-state index in [1.54, 1.807) is 5.56 Å². The molecule has 1 heteroatoms. The molecule has 2 saturated carbocycles. The number of nitrogens with one attached hydrogen (secondary N) is 1. The van der Waals surface area contributed by atoms with Crippen LogP contribution in [0.5, 0.6) is 0 Å². The molecule has 0 radical (unpaired) electrons. The van der Waals surface area contributed by atoms with Crippen LogP contribution in [0.3, 0.4) is 0 Å². The highest BCUT2D eigenvalue weighted by molar-refractivity contribution is 5.20. The Hall–Kier alpha value is -0.820. The predicted octanol–water partition coefficient (Wildman–Crippen LogP) is 4.88. The van der Waals surface area contributed by atoms with Gasteiger partial charge in [0.05, 0.1) is 0 Å². The van der Waals surface area contributed by atoms with Crippen LogP contribution in [-0.4, -0.2) is 12.1 Å².